The number of aryl methyl sites for hydroxylation is 1. The van der Waals surface area contributed by atoms with Gasteiger partial charge >= 0.3 is 0 Å². The molecule has 5 nitrogen and oxygen atoms in total. The van der Waals surface area contributed by atoms with Crippen molar-refractivity contribution in [2.45, 2.75) is 39.7 Å². The molecule has 0 fully saturated rings. The van der Waals surface area contributed by atoms with E-state index in [1.165, 1.54) is 6.39 Å². The largest absolute Gasteiger partial charge is 0.448 e. The van der Waals surface area contributed by atoms with Crippen molar-refractivity contribution in [3.63, 3.8) is 0 Å². The van der Waals surface area contributed by atoms with Crippen LogP contribution in [0.4, 0.5) is 0 Å². The highest BCUT2D eigenvalue weighted by atomic mass is 16.3. The second-order valence-electron chi connectivity index (χ2n) is 4.11. The smallest absolute Gasteiger partial charge is 0.273 e. The molecule has 1 heterocycles. The van der Waals surface area contributed by atoms with Gasteiger partial charge in [0.1, 0.15) is 5.76 Å². The number of aliphatic hydroxyl groups is 1. The van der Waals surface area contributed by atoms with Crippen LogP contribution in [0.3, 0.4) is 0 Å². The molecule has 1 amide bonds. The Labute approximate surface area is 101 Å². The van der Waals surface area contributed by atoms with E-state index in [2.05, 4.69) is 10.3 Å². The Morgan fingerprint density at radius 3 is 2.65 bits per heavy atom. The van der Waals surface area contributed by atoms with Crippen molar-refractivity contribution in [1.82, 2.24) is 10.3 Å². The van der Waals surface area contributed by atoms with Crippen molar-refractivity contribution >= 4 is 5.91 Å². The highest BCUT2D eigenvalue weighted by Crippen LogP contribution is 2.12. The molecule has 0 saturated heterocycles. The van der Waals surface area contributed by atoms with Crippen LogP contribution >= 0.6 is 0 Å². The zero-order valence-electron chi connectivity index (χ0n) is 10.6. The summed E-state index contributed by atoms with van der Waals surface area (Å²) >= 11 is 0. The second kappa shape index (κ2) is 6.39. The third kappa shape index (κ3) is 3.56. The molecule has 1 rings (SSSR count). The fraction of sp³-hybridized carbons (Fsp3) is 0.667. The van der Waals surface area contributed by atoms with Crippen LogP contribution in [-0.4, -0.2) is 28.6 Å². The number of rotatable bonds is 6. The van der Waals surface area contributed by atoms with Crippen molar-refractivity contribution in [3.8, 4) is 0 Å². The molecule has 0 aromatic carbocycles. The molecule has 1 aromatic rings. The van der Waals surface area contributed by atoms with Gasteiger partial charge in [-0.3, -0.25) is 4.79 Å². The summed E-state index contributed by atoms with van der Waals surface area (Å²) in [5.41, 5.74) is 0.279. The molecule has 5 heteroatoms. The first-order chi connectivity index (χ1) is 8.10. The molecule has 1 unspecified atom stereocenters. The van der Waals surface area contributed by atoms with E-state index in [0.717, 1.165) is 12.8 Å². The molecule has 0 aliphatic heterocycles. The van der Waals surface area contributed by atoms with Crippen molar-refractivity contribution in [3.05, 3.63) is 17.8 Å². The monoisotopic (exact) mass is 240 g/mol. The molecule has 2 N–H and O–H groups in total. The number of oxazole rings is 1. The summed E-state index contributed by atoms with van der Waals surface area (Å²) in [6.07, 6.45) is 2.52. The van der Waals surface area contributed by atoms with Gasteiger partial charge in [0.2, 0.25) is 0 Å². The van der Waals surface area contributed by atoms with Gasteiger partial charge in [0.25, 0.3) is 5.91 Å². The summed E-state index contributed by atoms with van der Waals surface area (Å²) < 4.78 is 4.95. The number of nitrogens with one attached hydrogen (secondary N) is 1. The Morgan fingerprint density at radius 2 is 2.18 bits per heavy atom. The van der Waals surface area contributed by atoms with E-state index in [-0.39, 0.29) is 24.1 Å². The molecule has 0 bridgehead atoms. The van der Waals surface area contributed by atoms with Crippen molar-refractivity contribution in [2.75, 3.05) is 6.54 Å². The summed E-state index contributed by atoms with van der Waals surface area (Å²) in [5, 5.41) is 12.5. The zero-order chi connectivity index (χ0) is 12.8. The van der Waals surface area contributed by atoms with Gasteiger partial charge in [-0.15, -0.1) is 0 Å². The Hall–Kier alpha value is -1.36. The van der Waals surface area contributed by atoms with Gasteiger partial charge in [0, 0.05) is 6.54 Å². The van der Waals surface area contributed by atoms with Crippen molar-refractivity contribution < 1.29 is 14.3 Å². The Balaban J connectivity index is 2.46. The molecular formula is C12H20N2O3. The maximum atomic E-state index is 11.7. The predicted molar refractivity (Wildman–Crippen MR) is 63.7 cm³/mol. The van der Waals surface area contributed by atoms with Gasteiger partial charge in [-0.05, 0) is 12.8 Å². The van der Waals surface area contributed by atoms with Crippen LogP contribution in [0.1, 0.15) is 42.9 Å². The van der Waals surface area contributed by atoms with Gasteiger partial charge in [-0.2, -0.15) is 0 Å². The Kier molecular flexibility index (Phi) is 5.15. The standard InChI is InChI=1S/C12H20N2O3/c1-4-9(5-2)10(15)6-13-12(16)11-8(3)17-7-14-11/h7,9-10,15H,4-6H2,1-3H3,(H,13,16). The molecule has 1 atom stereocenters. The van der Waals surface area contributed by atoms with E-state index in [9.17, 15) is 9.90 Å². The van der Waals surface area contributed by atoms with Gasteiger partial charge < -0.3 is 14.8 Å². The molecular weight excluding hydrogens is 220 g/mol. The maximum absolute atomic E-state index is 11.7. The lowest BCUT2D eigenvalue weighted by Crippen LogP contribution is -2.36. The first kappa shape index (κ1) is 13.7. The number of hydrogen-bond donors (Lipinski definition) is 2. The molecule has 1 aromatic heterocycles. The minimum atomic E-state index is -0.513. The third-order valence-electron chi connectivity index (χ3n) is 3.02. The number of carbonyl (C=O) groups excluding carboxylic acids is 1. The predicted octanol–water partition coefficient (Wildman–Crippen LogP) is 1.51. The molecule has 0 saturated carbocycles. The first-order valence-electron chi connectivity index (χ1n) is 5.96. The van der Waals surface area contributed by atoms with Gasteiger partial charge in [-0.1, -0.05) is 26.7 Å². The summed E-state index contributed by atoms with van der Waals surface area (Å²) in [5.74, 6) is 0.398. The van der Waals surface area contributed by atoms with Gasteiger partial charge in [-0.25, -0.2) is 4.98 Å². The van der Waals surface area contributed by atoms with E-state index in [0.29, 0.717) is 5.76 Å². The van der Waals surface area contributed by atoms with E-state index in [1.807, 2.05) is 13.8 Å². The average Bonchev–Trinajstić information content (AvgIpc) is 2.74. The van der Waals surface area contributed by atoms with Crippen molar-refractivity contribution in [1.29, 1.82) is 0 Å². The average molecular weight is 240 g/mol. The molecule has 0 aliphatic carbocycles. The minimum absolute atomic E-state index is 0.216. The maximum Gasteiger partial charge on any atom is 0.273 e. The van der Waals surface area contributed by atoms with Gasteiger partial charge in [0.15, 0.2) is 12.1 Å². The van der Waals surface area contributed by atoms with E-state index >= 15 is 0 Å². The van der Waals surface area contributed by atoms with Crippen LogP contribution in [0.15, 0.2) is 10.8 Å². The number of aliphatic hydroxyl groups excluding tert-OH is 1. The molecule has 96 valence electrons. The first-order valence-corrected chi connectivity index (χ1v) is 5.96. The lowest BCUT2D eigenvalue weighted by atomic mass is 9.96. The lowest BCUT2D eigenvalue weighted by molar-refractivity contribution is 0.0812. The third-order valence-corrected chi connectivity index (χ3v) is 3.02. The number of nitrogens with zero attached hydrogens (tertiary/aromatic N) is 1. The van der Waals surface area contributed by atoms with E-state index in [4.69, 9.17) is 4.42 Å². The van der Waals surface area contributed by atoms with Crippen LogP contribution in [0.2, 0.25) is 0 Å². The molecule has 0 radical (unpaired) electrons. The topological polar surface area (TPSA) is 75.4 Å². The summed E-state index contributed by atoms with van der Waals surface area (Å²) in [6.45, 7) is 5.98. The summed E-state index contributed by atoms with van der Waals surface area (Å²) in [4.78, 5) is 15.5. The van der Waals surface area contributed by atoms with E-state index < -0.39 is 6.10 Å². The Morgan fingerprint density at radius 1 is 1.53 bits per heavy atom. The van der Waals surface area contributed by atoms with E-state index in [1.54, 1.807) is 6.92 Å². The van der Waals surface area contributed by atoms with Crippen LogP contribution < -0.4 is 5.32 Å². The molecule has 0 aliphatic rings. The van der Waals surface area contributed by atoms with Crippen LogP contribution in [0.5, 0.6) is 0 Å². The number of hydrogen-bond acceptors (Lipinski definition) is 4. The number of aromatic nitrogens is 1. The highest BCUT2D eigenvalue weighted by Gasteiger charge is 2.18. The fourth-order valence-electron chi connectivity index (χ4n) is 1.80. The van der Waals surface area contributed by atoms with Gasteiger partial charge in [0.05, 0.1) is 6.10 Å². The number of amides is 1. The SMILES string of the molecule is CCC(CC)C(O)CNC(=O)c1ncoc1C. The van der Waals surface area contributed by atoms with Crippen LogP contribution in [0.25, 0.3) is 0 Å². The molecule has 17 heavy (non-hydrogen) atoms. The van der Waals surface area contributed by atoms with Crippen LogP contribution in [0, 0.1) is 12.8 Å². The second-order valence-corrected chi connectivity index (χ2v) is 4.11. The van der Waals surface area contributed by atoms with Crippen molar-refractivity contribution in [2.24, 2.45) is 5.92 Å². The normalized spacial score (nSPS) is 12.8. The van der Waals surface area contributed by atoms with Crippen LogP contribution in [-0.2, 0) is 0 Å². The zero-order valence-corrected chi connectivity index (χ0v) is 10.6. The quantitative estimate of drug-likeness (QED) is 0.790. The Bertz CT molecular complexity index is 358. The lowest BCUT2D eigenvalue weighted by Gasteiger charge is -2.20. The highest BCUT2D eigenvalue weighted by molar-refractivity contribution is 5.93. The summed E-state index contributed by atoms with van der Waals surface area (Å²) in [6, 6.07) is 0. The minimum Gasteiger partial charge on any atom is -0.448 e. The fourth-order valence-corrected chi connectivity index (χ4v) is 1.80. The summed E-state index contributed by atoms with van der Waals surface area (Å²) in [7, 11) is 0. The number of carbonyl (C=O) groups is 1. The molecule has 0 spiro atoms.